The topological polar surface area (TPSA) is 38.8 Å². The maximum absolute atomic E-state index is 11.9. The number of hydrogen-bond donors (Lipinski definition) is 0. The minimum Gasteiger partial charge on any atom is -0.497 e. The van der Waals surface area contributed by atoms with Crippen LogP contribution in [0.2, 0.25) is 0 Å². The molecule has 2 atom stereocenters. The van der Waals surface area contributed by atoms with Gasteiger partial charge in [0.2, 0.25) is 0 Å². The van der Waals surface area contributed by atoms with E-state index in [2.05, 4.69) is 4.90 Å². The first-order valence-corrected chi connectivity index (χ1v) is 7.53. The Morgan fingerprint density at radius 2 is 2.05 bits per heavy atom. The molecular weight excluding hydrogens is 266 g/mol. The highest BCUT2D eigenvalue weighted by molar-refractivity contribution is 5.87. The van der Waals surface area contributed by atoms with Crippen molar-refractivity contribution < 1.29 is 14.3 Å². The Hall–Kier alpha value is -1.81. The van der Waals surface area contributed by atoms with Crippen LogP contribution in [-0.2, 0) is 9.53 Å². The van der Waals surface area contributed by atoms with Gasteiger partial charge in [0.15, 0.2) is 0 Å². The van der Waals surface area contributed by atoms with Gasteiger partial charge in [-0.05, 0) is 49.6 Å². The summed E-state index contributed by atoms with van der Waals surface area (Å²) in [6.07, 6.45) is 6.70. The van der Waals surface area contributed by atoms with Crippen molar-refractivity contribution >= 4 is 12.0 Å². The van der Waals surface area contributed by atoms with Gasteiger partial charge in [0, 0.05) is 18.7 Å². The summed E-state index contributed by atoms with van der Waals surface area (Å²) in [5.74, 6) is 0.562. The molecular formula is C17H21NO3. The zero-order valence-electron chi connectivity index (χ0n) is 12.3. The highest BCUT2D eigenvalue weighted by Gasteiger charge is 2.39. The van der Waals surface area contributed by atoms with Crippen molar-refractivity contribution in [1.29, 1.82) is 0 Å². The second-order valence-electron chi connectivity index (χ2n) is 5.62. The Balaban J connectivity index is 1.54. The van der Waals surface area contributed by atoms with Crippen LogP contribution in [0.3, 0.4) is 0 Å². The van der Waals surface area contributed by atoms with Gasteiger partial charge in [-0.1, -0.05) is 12.1 Å². The van der Waals surface area contributed by atoms with Gasteiger partial charge in [0.25, 0.3) is 0 Å². The molecule has 0 spiro atoms. The standard InChI is InChI=1S/C17H21NO3/c1-20-14-7-4-13(5-8-14)6-9-17(19)21-16-10-12-18-11-2-3-15(16)18/h4-9,15-16H,2-3,10-12H2,1H3/b9-6+/t15-,16-/m0/s1. The first kappa shape index (κ1) is 14.1. The molecule has 0 unspecified atom stereocenters. The Morgan fingerprint density at radius 1 is 1.24 bits per heavy atom. The number of benzene rings is 1. The average Bonchev–Trinajstić information content (AvgIpc) is 3.11. The van der Waals surface area contributed by atoms with Gasteiger partial charge in [-0.15, -0.1) is 0 Å². The molecule has 1 aromatic rings. The molecule has 2 heterocycles. The van der Waals surface area contributed by atoms with Gasteiger partial charge in [-0.3, -0.25) is 4.90 Å². The SMILES string of the molecule is COc1ccc(/C=C/C(=O)O[C@H]2CCN3CCC[C@@H]23)cc1. The number of rotatable bonds is 4. The van der Waals surface area contributed by atoms with Gasteiger partial charge in [-0.25, -0.2) is 4.79 Å². The fraction of sp³-hybridized carbons (Fsp3) is 0.471. The second kappa shape index (κ2) is 6.31. The summed E-state index contributed by atoms with van der Waals surface area (Å²) in [6, 6.07) is 8.02. The molecule has 0 amide bonds. The molecule has 0 aliphatic carbocycles. The van der Waals surface area contributed by atoms with Gasteiger partial charge in [0.05, 0.1) is 7.11 Å². The molecule has 112 valence electrons. The van der Waals surface area contributed by atoms with Crippen molar-refractivity contribution in [2.45, 2.75) is 31.4 Å². The van der Waals surface area contributed by atoms with E-state index in [0.29, 0.717) is 6.04 Å². The molecule has 4 heteroatoms. The number of carbonyl (C=O) groups is 1. The van der Waals surface area contributed by atoms with Crippen LogP contribution < -0.4 is 4.74 Å². The van der Waals surface area contributed by atoms with Crippen molar-refractivity contribution in [3.8, 4) is 5.75 Å². The van der Waals surface area contributed by atoms with E-state index in [4.69, 9.17) is 9.47 Å². The number of hydrogen-bond acceptors (Lipinski definition) is 4. The van der Waals surface area contributed by atoms with E-state index in [-0.39, 0.29) is 12.1 Å². The second-order valence-corrected chi connectivity index (χ2v) is 5.62. The number of esters is 1. The Bertz CT molecular complexity index is 523. The Kier molecular flexibility index (Phi) is 4.25. The third kappa shape index (κ3) is 3.27. The predicted octanol–water partition coefficient (Wildman–Crippen LogP) is 2.49. The van der Waals surface area contributed by atoms with Crippen molar-refractivity contribution in [2.75, 3.05) is 20.2 Å². The molecule has 2 fully saturated rings. The zero-order valence-corrected chi connectivity index (χ0v) is 12.3. The number of methoxy groups -OCH3 is 1. The first-order chi connectivity index (χ1) is 10.3. The van der Waals surface area contributed by atoms with Crippen LogP contribution in [0, 0.1) is 0 Å². The number of ether oxygens (including phenoxy) is 2. The van der Waals surface area contributed by atoms with E-state index in [1.165, 1.54) is 12.5 Å². The highest BCUT2D eigenvalue weighted by Crippen LogP contribution is 2.30. The van der Waals surface area contributed by atoms with E-state index in [1.54, 1.807) is 13.2 Å². The van der Waals surface area contributed by atoms with E-state index in [9.17, 15) is 4.79 Å². The largest absolute Gasteiger partial charge is 0.497 e. The van der Waals surface area contributed by atoms with Crippen LogP contribution in [-0.4, -0.2) is 43.2 Å². The van der Waals surface area contributed by atoms with Crippen molar-refractivity contribution in [3.05, 3.63) is 35.9 Å². The minimum atomic E-state index is -0.246. The van der Waals surface area contributed by atoms with Crippen molar-refractivity contribution in [3.63, 3.8) is 0 Å². The molecule has 2 aliphatic heterocycles. The minimum absolute atomic E-state index is 0.0699. The van der Waals surface area contributed by atoms with E-state index >= 15 is 0 Å². The quantitative estimate of drug-likeness (QED) is 0.630. The summed E-state index contributed by atoms with van der Waals surface area (Å²) in [5, 5.41) is 0. The highest BCUT2D eigenvalue weighted by atomic mass is 16.5. The summed E-state index contributed by atoms with van der Waals surface area (Å²) in [6.45, 7) is 2.21. The zero-order chi connectivity index (χ0) is 14.7. The summed E-state index contributed by atoms with van der Waals surface area (Å²) < 4.78 is 10.7. The van der Waals surface area contributed by atoms with Crippen LogP contribution in [0.1, 0.15) is 24.8 Å². The number of nitrogens with zero attached hydrogens (tertiary/aromatic N) is 1. The van der Waals surface area contributed by atoms with Gasteiger partial charge >= 0.3 is 5.97 Å². The van der Waals surface area contributed by atoms with Crippen molar-refractivity contribution in [2.24, 2.45) is 0 Å². The molecule has 0 saturated carbocycles. The third-order valence-electron chi connectivity index (χ3n) is 4.34. The van der Waals surface area contributed by atoms with E-state index in [0.717, 1.165) is 37.2 Å². The Morgan fingerprint density at radius 3 is 2.81 bits per heavy atom. The third-order valence-corrected chi connectivity index (χ3v) is 4.34. The molecule has 1 aromatic carbocycles. The van der Waals surface area contributed by atoms with Crippen LogP contribution >= 0.6 is 0 Å². The lowest BCUT2D eigenvalue weighted by Crippen LogP contribution is -2.31. The van der Waals surface area contributed by atoms with Crippen LogP contribution in [0.15, 0.2) is 30.3 Å². The Labute approximate surface area is 125 Å². The van der Waals surface area contributed by atoms with Gasteiger partial charge in [-0.2, -0.15) is 0 Å². The lowest BCUT2D eigenvalue weighted by atomic mass is 10.1. The van der Waals surface area contributed by atoms with E-state index in [1.807, 2.05) is 24.3 Å². The van der Waals surface area contributed by atoms with Crippen LogP contribution in [0.25, 0.3) is 6.08 Å². The average molecular weight is 287 g/mol. The maximum atomic E-state index is 11.9. The molecule has 2 aliphatic rings. The van der Waals surface area contributed by atoms with Crippen LogP contribution in [0.4, 0.5) is 0 Å². The first-order valence-electron chi connectivity index (χ1n) is 7.53. The van der Waals surface area contributed by atoms with Gasteiger partial charge in [0.1, 0.15) is 11.9 Å². The summed E-state index contributed by atoms with van der Waals surface area (Å²) in [7, 11) is 1.64. The molecule has 21 heavy (non-hydrogen) atoms. The number of carbonyl (C=O) groups excluding carboxylic acids is 1. The fourth-order valence-electron chi connectivity index (χ4n) is 3.24. The summed E-state index contributed by atoms with van der Waals surface area (Å²) >= 11 is 0. The maximum Gasteiger partial charge on any atom is 0.331 e. The molecule has 0 aromatic heterocycles. The summed E-state index contributed by atoms with van der Waals surface area (Å²) in [5.41, 5.74) is 0.960. The molecule has 2 saturated heterocycles. The lowest BCUT2D eigenvalue weighted by molar-refractivity contribution is -0.143. The molecule has 3 rings (SSSR count). The lowest BCUT2D eigenvalue weighted by Gasteiger charge is -2.19. The molecule has 0 radical (unpaired) electrons. The molecule has 0 N–H and O–H groups in total. The van der Waals surface area contributed by atoms with Gasteiger partial charge < -0.3 is 9.47 Å². The van der Waals surface area contributed by atoms with Crippen LogP contribution in [0.5, 0.6) is 5.75 Å². The fourth-order valence-corrected chi connectivity index (χ4v) is 3.24. The number of fused-ring (bicyclic) bond motifs is 1. The monoisotopic (exact) mass is 287 g/mol. The normalized spacial score (nSPS) is 25.2. The smallest absolute Gasteiger partial charge is 0.331 e. The summed E-state index contributed by atoms with van der Waals surface area (Å²) in [4.78, 5) is 14.4. The molecule has 0 bridgehead atoms. The van der Waals surface area contributed by atoms with E-state index < -0.39 is 0 Å². The predicted molar refractivity (Wildman–Crippen MR) is 81.1 cm³/mol. The molecule has 4 nitrogen and oxygen atoms in total. The van der Waals surface area contributed by atoms with Crippen molar-refractivity contribution in [1.82, 2.24) is 4.90 Å².